The van der Waals surface area contributed by atoms with E-state index in [0.717, 1.165) is 27.3 Å². The van der Waals surface area contributed by atoms with Gasteiger partial charge in [-0.1, -0.05) is 54.0 Å². The van der Waals surface area contributed by atoms with Crippen molar-refractivity contribution in [2.45, 2.75) is 46.0 Å². The molecule has 0 bridgehead atoms. The van der Waals surface area contributed by atoms with Crippen LogP contribution in [0, 0.1) is 0 Å². The van der Waals surface area contributed by atoms with E-state index >= 15 is 0 Å². The fourth-order valence-corrected chi connectivity index (χ4v) is 4.86. The van der Waals surface area contributed by atoms with Crippen LogP contribution in [0.15, 0.2) is 37.1 Å². The molecule has 0 spiro atoms. The lowest BCUT2D eigenvalue weighted by Gasteiger charge is -2.22. The van der Waals surface area contributed by atoms with Gasteiger partial charge < -0.3 is 0 Å². The van der Waals surface area contributed by atoms with Crippen molar-refractivity contribution in [1.82, 2.24) is 0 Å². The van der Waals surface area contributed by atoms with E-state index in [9.17, 15) is 0 Å². The third kappa shape index (κ3) is 3.24. The Labute approximate surface area is 128 Å². The summed E-state index contributed by atoms with van der Waals surface area (Å²) in [5, 5.41) is 3.86. The molecule has 1 nitrogen and oxygen atoms in total. The van der Waals surface area contributed by atoms with Crippen molar-refractivity contribution in [3.63, 3.8) is 0 Å². The number of rotatable bonds is 0. The minimum absolute atomic E-state index is 0.210. The Morgan fingerprint density at radius 3 is 2.58 bits per heavy atom. The van der Waals surface area contributed by atoms with Crippen LogP contribution in [0.4, 0.5) is 0 Å². The van der Waals surface area contributed by atoms with Gasteiger partial charge in [0.15, 0.2) is 0 Å². The molecule has 1 atom stereocenters. The van der Waals surface area contributed by atoms with Gasteiger partial charge in [0.1, 0.15) is 0 Å². The summed E-state index contributed by atoms with van der Waals surface area (Å²) in [6.45, 7) is 4.00. The fourth-order valence-electron chi connectivity index (χ4n) is 2.33. The SMILES string of the molecule is CC.ClC1=CC=C2N=C3CCCCCC3=C(Cl)S2=C1. The third-order valence-electron chi connectivity index (χ3n) is 3.21. The molecule has 4 heteroatoms. The quantitative estimate of drug-likeness (QED) is 0.491. The number of halogens is 2. The lowest BCUT2D eigenvalue weighted by Crippen LogP contribution is -2.08. The summed E-state index contributed by atoms with van der Waals surface area (Å²) in [6, 6.07) is 0. The van der Waals surface area contributed by atoms with Crippen molar-refractivity contribution in [2.24, 2.45) is 4.99 Å². The van der Waals surface area contributed by atoms with Crippen LogP contribution in [0.5, 0.6) is 0 Å². The Kier molecular flexibility index (Phi) is 5.49. The number of allylic oxidation sites excluding steroid dienone is 4. The molecule has 1 aliphatic carbocycles. The van der Waals surface area contributed by atoms with Crippen LogP contribution in [0.25, 0.3) is 0 Å². The van der Waals surface area contributed by atoms with Crippen molar-refractivity contribution in [3.05, 3.63) is 32.2 Å². The number of fused-ring (bicyclic) bond motifs is 2. The van der Waals surface area contributed by atoms with E-state index < -0.39 is 0 Å². The zero-order valence-corrected chi connectivity index (χ0v) is 13.7. The zero-order chi connectivity index (χ0) is 13.8. The first-order valence-electron chi connectivity index (χ1n) is 6.88. The van der Waals surface area contributed by atoms with Crippen LogP contribution in [-0.2, 0) is 0 Å². The second-order valence-electron chi connectivity index (χ2n) is 4.38. The maximum Gasteiger partial charge on any atom is 0.0962 e. The Morgan fingerprint density at radius 1 is 1.05 bits per heavy atom. The summed E-state index contributed by atoms with van der Waals surface area (Å²) in [5.41, 5.74) is 2.49. The molecule has 0 amide bonds. The van der Waals surface area contributed by atoms with Crippen LogP contribution >= 0.6 is 33.7 Å². The largest absolute Gasteiger partial charge is 0.246 e. The molecule has 104 valence electrons. The zero-order valence-electron chi connectivity index (χ0n) is 11.4. The highest BCUT2D eigenvalue weighted by molar-refractivity contribution is 8.23. The summed E-state index contributed by atoms with van der Waals surface area (Å²) in [7, 11) is -0.210. The molecule has 0 aromatic heterocycles. The highest BCUT2D eigenvalue weighted by Gasteiger charge is 2.24. The van der Waals surface area contributed by atoms with E-state index in [0.29, 0.717) is 0 Å². The van der Waals surface area contributed by atoms with Crippen LogP contribution < -0.4 is 0 Å². The molecule has 3 aliphatic rings. The van der Waals surface area contributed by atoms with Gasteiger partial charge in [-0.25, -0.2) is 4.99 Å². The second kappa shape index (κ2) is 6.92. The molecule has 1 unspecified atom stereocenters. The van der Waals surface area contributed by atoms with Gasteiger partial charge in [-0.15, -0.1) is 0 Å². The van der Waals surface area contributed by atoms with Crippen LogP contribution in [0.2, 0.25) is 0 Å². The molecular weight excluding hydrogens is 297 g/mol. The first kappa shape index (κ1) is 15.1. The maximum atomic E-state index is 6.55. The number of hydrogen-bond acceptors (Lipinski definition) is 1. The Morgan fingerprint density at radius 2 is 1.79 bits per heavy atom. The highest BCUT2D eigenvalue weighted by atomic mass is 35.5. The molecule has 0 N–H and O–H groups in total. The van der Waals surface area contributed by atoms with Crippen molar-refractivity contribution < 1.29 is 0 Å². The van der Waals surface area contributed by atoms with Crippen LogP contribution in [0.1, 0.15) is 46.0 Å². The van der Waals surface area contributed by atoms with E-state index in [1.165, 1.54) is 30.5 Å². The molecule has 1 fully saturated rings. The van der Waals surface area contributed by atoms with Gasteiger partial charge in [0.05, 0.1) is 9.39 Å². The van der Waals surface area contributed by atoms with Crippen LogP contribution in [-0.4, -0.2) is 11.1 Å². The number of aliphatic imine (C=N–C) groups is 1. The average Bonchev–Trinajstić information content (AvgIpc) is 2.68. The normalized spacial score (nSPS) is 25.5. The Hall–Kier alpha value is -0.310. The van der Waals surface area contributed by atoms with Gasteiger partial charge >= 0.3 is 0 Å². The topological polar surface area (TPSA) is 12.4 Å². The molecule has 2 aliphatic heterocycles. The van der Waals surface area contributed by atoms with Crippen molar-refractivity contribution >= 4 is 44.8 Å². The first-order valence-corrected chi connectivity index (χ1v) is 8.92. The van der Waals surface area contributed by atoms with E-state index in [1.54, 1.807) is 0 Å². The van der Waals surface area contributed by atoms with Gasteiger partial charge in [-0.2, -0.15) is 0 Å². The van der Waals surface area contributed by atoms with E-state index in [1.807, 2.05) is 31.4 Å². The van der Waals surface area contributed by atoms with E-state index in [2.05, 4.69) is 0 Å². The molecule has 3 rings (SSSR count). The van der Waals surface area contributed by atoms with Gasteiger partial charge in [0.2, 0.25) is 0 Å². The van der Waals surface area contributed by atoms with Crippen molar-refractivity contribution in [3.8, 4) is 0 Å². The summed E-state index contributed by atoms with van der Waals surface area (Å²) >= 11 is 12.6. The molecule has 2 heterocycles. The van der Waals surface area contributed by atoms with Crippen LogP contribution in [0.3, 0.4) is 0 Å². The molecule has 0 saturated heterocycles. The molecule has 0 aromatic carbocycles. The Bertz CT molecular complexity index is 524. The monoisotopic (exact) mass is 315 g/mol. The molecule has 19 heavy (non-hydrogen) atoms. The number of hydrogen-bond donors (Lipinski definition) is 0. The minimum Gasteiger partial charge on any atom is -0.246 e. The maximum absolute atomic E-state index is 6.55. The van der Waals surface area contributed by atoms with Crippen molar-refractivity contribution in [2.75, 3.05) is 0 Å². The Balaban J connectivity index is 0.000000637. The minimum atomic E-state index is -0.210. The van der Waals surface area contributed by atoms with Gasteiger partial charge in [0, 0.05) is 10.7 Å². The summed E-state index contributed by atoms with van der Waals surface area (Å²) < 4.78 is 0.967. The van der Waals surface area contributed by atoms with Gasteiger partial charge in [-0.3, -0.25) is 0 Å². The molecule has 0 radical (unpaired) electrons. The summed E-state index contributed by atoms with van der Waals surface area (Å²) in [6.07, 6.45) is 9.78. The smallest absolute Gasteiger partial charge is 0.0962 e. The standard InChI is InChI=1S/C13H13Cl2NS.C2H6/c14-9-6-7-12-16-11-5-3-1-2-4-10(11)13(15)17(12)8-9;1-2/h6-8H,1-5H2;1-2H3. The third-order valence-corrected chi connectivity index (χ3v) is 6.10. The predicted octanol–water partition coefficient (Wildman–Crippen LogP) is 5.93. The fraction of sp³-hybridized carbons (Fsp3) is 0.467. The van der Waals surface area contributed by atoms with Gasteiger partial charge in [0.25, 0.3) is 0 Å². The summed E-state index contributed by atoms with van der Waals surface area (Å²) in [5.74, 6) is 0. The predicted molar refractivity (Wildman–Crippen MR) is 90.4 cm³/mol. The average molecular weight is 316 g/mol. The number of nitrogens with zero attached hydrogens (tertiary/aromatic N) is 1. The molecule has 1 saturated carbocycles. The first-order chi connectivity index (χ1) is 9.25. The van der Waals surface area contributed by atoms with Gasteiger partial charge in [-0.05, 0) is 48.8 Å². The molecular formula is C15H19Cl2NS. The lowest BCUT2D eigenvalue weighted by molar-refractivity contribution is 0.724. The second-order valence-corrected chi connectivity index (χ2v) is 7.16. The highest BCUT2D eigenvalue weighted by Crippen LogP contribution is 2.47. The van der Waals surface area contributed by atoms with E-state index in [-0.39, 0.29) is 10.5 Å². The van der Waals surface area contributed by atoms with E-state index in [4.69, 9.17) is 28.2 Å². The summed E-state index contributed by atoms with van der Waals surface area (Å²) in [4.78, 5) is 4.78. The van der Waals surface area contributed by atoms with Crippen molar-refractivity contribution in [1.29, 1.82) is 0 Å². The molecule has 0 aromatic rings. The lowest BCUT2D eigenvalue weighted by atomic mass is 10.1.